The van der Waals surface area contributed by atoms with Gasteiger partial charge in [-0.1, -0.05) is 33.1 Å². The van der Waals surface area contributed by atoms with Crippen molar-refractivity contribution < 1.29 is 4.79 Å². The van der Waals surface area contributed by atoms with E-state index in [4.69, 9.17) is 0 Å². The smallest absolute Gasteiger partial charge is 0.226 e. The summed E-state index contributed by atoms with van der Waals surface area (Å²) in [5.41, 5.74) is -0.0417. The highest BCUT2D eigenvalue weighted by molar-refractivity contribution is 5.80. The molecule has 2 fully saturated rings. The van der Waals surface area contributed by atoms with E-state index < -0.39 is 0 Å². The fourth-order valence-corrected chi connectivity index (χ4v) is 3.39. The molecule has 1 saturated heterocycles. The molecule has 19 heavy (non-hydrogen) atoms. The van der Waals surface area contributed by atoms with E-state index in [0.29, 0.717) is 23.8 Å². The molecule has 2 aliphatic rings. The minimum absolute atomic E-state index is 0.0417. The van der Waals surface area contributed by atoms with E-state index in [1.807, 2.05) is 0 Å². The molecule has 1 amide bonds. The van der Waals surface area contributed by atoms with Gasteiger partial charge >= 0.3 is 0 Å². The predicted molar refractivity (Wildman–Crippen MR) is 79.0 cm³/mol. The third-order valence-corrected chi connectivity index (χ3v) is 4.93. The Morgan fingerprint density at radius 3 is 2.42 bits per heavy atom. The molecule has 3 nitrogen and oxygen atoms in total. The van der Waals surface area contributed by atoms with Gasteiger partial charge in [0.2, 0.25) is 5.91 Å². The van der Waals surface area contributed by atoms with Gasteiger partial charge in [-0.3, -0.25) is 4.79 Å². The summed E-state index contributed by atoms with van der Waals surface area (Å²) in [5.74, 6) is 1.29. The first-order valence-corrected chi connectivity index (χ1v) is 7.96. The highest BCUT2D eigenvalue weighted by atomic mass is 16.2. The Kier molecular flexibility index (Phi) is 4.54. The number of amides is 1. The third kappa shape index (κ3) is 3.31. The third-order valence-electron chi connectivity index (χ3n) is 4.93. The molecule has 1 aliphatic heterocycles. The lowest BCUT2D eigenvalue weighted by Crippen LogP contribution is -2.65. The van der Waals surface area contributed by atoms with E-state index in [2.05, 4.69) is 37.9 Å². The van der Waals surface area contributed by atoms with Crippen molar-refractivity contribution in [2.24, 2.45) is 11.8 Å². The van der Waals surface area contributed by atoms with Gasteiger partial charge in [0.1, 0.15) is 0 Å². The van der Waals surface area contributed by atoms with Gasteiger partial charge < -0.3 is 10.2 Å². The monoisotopic (exact) mass is 266 g/mol. The maximum atomic E-state index is 12.8. The second-order valence-electron chi connectivity index (χ2n) is 7.33. The molecular formula is C16H30N2O. The largest absolute Gasteiger partial charge is 0.334 e. The summed E-state index contributed by atoms with van der Waals surface area (Å²) in [5, 5.41) is 3.60. The van der Waals surface area contributed by atoms with Gasteiger partial charge in [0.15, 0.2) is 0 Å². The molecule has 1 atom stereocenters. The molecule has 1 N–H and O–H groups in total. The second-order valence-corrected chi connectivity index (χ2v) is 7.33. The van der Waals surface area contributed by atoms with Gasteiger partial charge in [-0.2, -0.15) is 0 Å². The quantitative estimate of drug-likeness (QED) is 0.833. The van der Waals surface area contributed by atoms with Crippen molar-refractivity contribution in [1.29, 1.82) is 0 Å². The summed E-state index contributed by atoms with van der Waals surface area (Å²) in [6.07, 6.45) is 5.98. The fraction of sp³-hybridized carbons (Fsp3) is 0.938. The number of rotatable bonds is 2. The van der Waals surface area contributed by atoms with E-state index in [1.165, 1.54) is 19.3 Å². The first kappa shape index (κ1) is 14.8. The summed E-state index contributed by atoms with van der Waals surface area (Å²) < 4.78 is 0. The van der Waals surface area contributed by atoms with E-state index in [9.17, 15) is 4.79 Å². The molecule has 110 valence electrons. The molecule has 1 heterocycles. The average molecular weight is 266 g/mol. The Hall–Kier alpha value is -0.570. The van der Waals surface area contributed by atoms with Crippen LogP contribution in [-0.4, -0.2) is 35.5 Å². The van der Waals surface area contributed by atoms with Gasteiger partial charge in [0.25, 0.3) is 0 Å². The number of hydrogen-bond donors (Lipinski definition) is 1. The van der Waals surface area contributed by atoms with E-state index in [1.54, 1.807) is 0 Å². The Bertz CT molecular complexity index is 319. The van der Waals surface area contributed by atoms with E-state index in [0.717, 1.165) is 25.9 Å². The zero-order chi connectivity index (χ0) is 14.0. The Morgan fingerprint density at radius 2 is 1.84 bits per heavy atom. The molecule has 0 aromatic heterocycles. The van der Waals surface area contributed by atoms with Crippen molar-refractivity contribution in [3.05, 3.63) is 0 Å². The summed E-state index contributed by atoms with van der Waals surface area (Å²) in [4.78, 5) is 15.0. The predicted octanol–water partition coefficient (Wildman–Crippen LogP) is 2.80. The molecule has 1 saturated carbocycles. The van der Waals surface area contributed by atoms with Crippen LogP contribution >= 0.6 is 0 Å². The zero-order valence-electron chi connectivity index (χ0n) is 13.0. The van der Waals surface area contributed by atoms with Crippen LogP contribution in [-0.2, 0) is 4.79 Å². The maximum Gasteiger partial charge on any atom is 0.226 e. The standard InChI is InChI=1S/C16H30N2O/c1-12(2)14-10-18(16(3,4)11-17-14)15(19)13-8-6-5-7-9-13/h12-14,17H,5-11H2,1-4H3. The van der Waals surface area contributed by atoms with Gasteiger partial charge in [-0.05, 0) is 32.6 Å². The van der Waals surface area contributed by atoms with Crippen molar-refractivity contribution >= 4 is 5.91 Å². The van der Waals surface area contributed by atoms with Gasteiger partial charge in [0.05, 0.1) is 0 Å². The van der Waals surface area contributed by atoms with Crippen LogP contribution in [0.15, 0.2) is 0 Å². The summed E-state index contributed by atoms with van der Waals surface area (Å²) in [7, 11) is 0. The number of nitrogens with one attached hydrogen (secondary N) is 1. The molecule has 0 radical (unpaired) electrons. The maximum absolute atomic E-state index is 12.8. The molecule has 1 unspecified atom stereocenters. The van der Waals surface area contributed by atoms with Crippen LogP contribution in [0.25, 0.3) is 0 Å². The van der Waals surface area contributed by atoms with E-state index >= 15 is 0 Å². The van der Waals surface area contributed by atoms with Crippen molar-refractivity contribution in [2.45, 2.75) is 71.4 Å². The Labute approximate surface area is 118 Å². The molecule has 0 bridgehead atoms. The van der Waals surface area contributed by atoms with Crippen molar-refractivity contribution in [2.75, 3.05) is 13.1 Å². The highest BCUT2D eigenvalue weighted by Gasteiger charge is 2.40. The van der Waals surface area contributed by atoms with Gasteiger partial charge in [0, 0.05) is 30.6 Å². The lowest BCUT2D eigenvalue weighted by atomic mass is 9.85. The highest BCUT2D eigenvalue weighted by Crippen LogP contribution is 2.30. The Morgan fingerprint density at radius 1 is 1.21 bits per heavy atom. The van der Waals surface area contributed by atoms with Crippen LogP contribution in [0.1, 0.15) is 59.8 Å². The molecule has 0 aromatic carbocycles. The van der Waals surface area contributed by atoms with Crippen LogP contribution in [0.4, 0.5) is 0 Å². The first-order valence-electron chi connectivity index (χ1n) is 7.96. The molecule has 2 rings (SSSR count). The molecular weight excluding hydrogens is 236 g/mol. The molecule has 0 spiro atoms. The molecule has 1 aliphatic carbocycles. The van der Waals surface area contributed by atoms with Crippen LogP contribution in [0, 0.1) is 11.8 Å². The average Bonchev–Trinajstić information content (AvgIpc) is 2.38. The fourth-order valence-electron chi connectivity index (χ4n) is 3.39. The number of piperazine rings is 1. The lowest BCUT2D eigenvalue weighted by molar-refractivity contribution is -0.144. The number of carbonyl (C=O) groups is 1. The van der Waals surface area contributed by atoms with Gasteiger partial charge in [-0.15, -0.1) is 0 Å². The lowest BCUT2D eigenvalue weighted by Gasteiger charge is -2.48. The van der Waals surface area contributed by atoms with Crippen LogP contribution in [0.3, 0.4) is 0 Å². The first-order chi connectivity index (χ1) is 8.92. The molecule has 3 heteroatoms. The SMILES string of the molecule is CC(C)C1CN(C(=O)C2CCCCC2)C(C)(C)CN1. The number of carbonyl (C=O) groups excluding carboxylic acids is 1. The van der Waals surface area contributed by atoms with Crippen LogP contribution < -0.4 is 5.32 Å². The van der Waals surface area contributed by atoms with Crippen LogP contribution in [0.5, 0.6) is 0 Å². The van der Waals surface area contributed by atoms with Gasteiger partial charge in [-0.25, -0.2) is 0 Å². The van der Waals surface area contributed by atoms with Crippen molar-refractivity contribution in [3.8, 4) is 0 Å². The number of hydrogen-bond acceptors (Lipinski definition) is 2. The summed E-state index contributed by atoms with van der Waals surface area (Å²) >= 11 is 0. The second kappa shape index (κ2) is 5.82. The minimum Gasteiger partial charge on any atom is -0.334 e. The normalized spacial score (nSPS) is 28.7. The Balaban J connectivity index is 2.07. The topological polar surface area (TPSA) is 32.3 Å². The zero-order valence-corrected chi connectivity index (χ0v) is 13.0. The summed E-state index contributed by atoms with van der Waals surface area (Å²) in [6.45, 7) is 10.6. The van der Waals surface area contributed by atoms with Crippen molar-refractivity contribution in [1.82, 2.24) is 10.2 Å². The summed E-state index contributed by atoms with van der Waals surface area (Å²) in [6, 6.07) is 0.445. The van der Waals surface area contributed by atoms with E-state index in [-0.39, 0.29) is 5.54 Å². The van der Waals surface area contributed by atoms with Crippen LogP contribution in [0.2, 0.25) is 0 Å². The minimum atomic E-state index is -0.0417. The number of nitrogens with zero attached hydrogens (tertiary/aromatic N) is 1. The molecule has 0 aromatic rings. The van der Waals surface area contributed by atoms with Crippen molar-refractivity contribution in [3.63, 3.8) is 0 Å².